The van der Waals surface area contributed by atoms with Crippen LogP contribution in [-0.2, 0) is 41.0 Å². The second kappa shape index (κ2) is 9.23. The molecule has 0 unspecified atom stereocenters. The van der Waals surface area contributed by atoms with Gasteiger partial charge < -0.3 is 14.1 Å². The van der Waals surface area contributed by atoms with Crippen LogP contribution in [0.2, 0.25) is 0 Å². The molecule has 0 saturated heterocycles. The van der Waals surface area contributed by atoms with E-state index in [1.54, 1.807) is 0 Å². The Morgan fingerprint density at radius 2 is 1.33 bits per heavy atom. The summed E-state index contributed by atoms with van der Waals surface area (Å²) < 4.78 is 8.52. The van der Waals surface area contributed by atoms with Gasteiger partial charge in [-0.3, -0.25) is 0 Å². The molecule has 0 spiro atoms. The number of hydrogen-bond acceptors (Lipinski definition) is 3. The summed E-state index contributed by atoms with van der Waals surface area (Å²) in [5, 5.41) is 0. The first-order chi connectivity index (χ1) is 1.73. The predicted octanol–water partition coefficient (Wildman–Crippen LogP) is -2.88. The maximum atomic E-state index is 8.52. The van der Waals surface area contributed by atoms with Gasteiger partial charge in [-0.2, -0.15) is 0 Å². The fourth-order valence-corrected chi connectivity index (χ4v) is 0. The molecule has 3 nitrogen and oxygen atoms in total. The first kappa shape index (κ1) is 15.9. The molecule has 6 heteroatoms. The Labute approximate surface area is 59.9 Å². The zero-order valence-electron chi connectivity index (χ0n) is 2.73. The van der Waals surface area contributed by atoms with Crippen molar-refractivity contribution in [1.82, 2.24) is 0 Å². The van der Waals surface area contributed by atoms with Crippen molar-refractivity contribution in [2.75, 3.05) is 0 Å². The molecule has 0 rings (SSSR count). The Kier molecular flexibility index (Phi) is 24.4. The molecule has 0 aliphatic rings. The monoisotopic (exact) mass is 203 g/mol. The van der Waals surface area contributed by atoms with Crippen molar-refractivity contribution in [3.8, 4) is 0 Å². The molecule has 0 fully saturated rings. The van der Waals surface area contributed by atoms with Crippen LogP contribution in [0.5, 0.6) is 0 Å². The standard InChI is InChI=1S/Cu.O3Si.Zn/c;1-4(2)3;/q;-2;+2. The van der Waals surface area contributed by atoms with E-state index in [4.69, 9.17) is 14.1 Å². The summed E-state index contributed by atoms with van der Waals surface area (Å²) in [6, 6.07) is 0. The van der Waals surface area contributed by atoms with E-state index in [2.05, 4.69) is 0 Å². The van der Waals surface area contributed by atoms with Crippen LogP contribution in [0.1, 0.15) is 0 Å². The third kappa shape index (κ3) is 117. The zero-order chi connectivity index (χ0) is 3.58. The summed E-state index contributed by atoms with van der Waals surface area (Å²) in [5.41, 5.74) is 0. The molecule has 0 heterocycles. The Bertz CT molecular complexity index is 33.8. The van der Waals surface area contributed by atoms with Crippen molar-refractivity contribution in [3.05, 3.63) is 0 Å². The topological polar surface area (TPSA) is 63.2 Å². The third-order valence-corrected chi connectivity index (χ3v) is 0. The van der Waals surface area contributed by atoms with Crippen molar-refractivity contribution in [2.45, 2.75) is 0 Å². The average Bonchev–Trinajstić information content (AvgIpc) is 0.811. The van der Waals surface area contributed by atoms with Crippen LogP contribution in [-0.4, -0.2) is 9.17 Å². The van der Waals surface area contributed by atoms with Crippen LogP contribution in [0, 0.1) is 0 Å². The van der Waals surface area contributed by atoms with Crippen LogP contribution >= 0.6 is 0 Å². The van der Waals surface area contributed by atoms with Gasteiger partial charge in [-0.15, -0.1) is 0 Å². The maximum Gasteiger partial charge on any atom is 2.00 e. The van der Waals surface area contributed by atoms with Crippen molar-refractivity contribution in [3.63, 3.8) is 0 Å². The first-order valence-corrected chi connectivity index (χ1v) is 1.84. The molecule has 0 aromatic rings. The van der Waals surface area contributed by atoms with Crippen LogP contribution < -0.4 is 9.59 Å². The van der Waals surface area contributed by atoms with Gasteiger partial charge in [0, 0.05) is 26.2 Å². The molecular formula is CuO3SiZn. The predicted molar refractivity (Wildman–Crippen MR) is 6.44 cm³/mol. The normalized spacial score (nSPS) is 4.00. The Morgan fingerprint density at radius 3 is 1.33 bits per heavy atom. The molecule has 0 saturated carbocycles. The zero-order valence-corrected chi connectivity index (χ0v) is 7.64. The molecule has 0 aliphatic carbocycles. The van der Waals surface area contributed by atoms with Crippen molar-refractivity contribution in [2.24, 2.45) is 0 Å². The largest absolute Gasteiger partial charge is 2.00 e. The Balaban J connectivity index is -0.0000000450. The van der Waals surface area contributed by atoms with Gasteiger partial charge >= 0.3 is 19.5 Å². The Hall–Kier alpha value is 0.760. The fourth-order valence-electron chi connectivity index (χ4n) is 0. The fraction of sp³-hybridized carbons (Fsp3) is 0. The first-order valence-electron chi connectivity index (χ1n) is 0.612. The molecule has 0 bridgehead atoms. The molecule has 0 aromatic carbocycles. The van der Waals surface area contributed by atoms with Crippen molar-refractivity contribution in [1.29, 1.82) is 0 Å². The quantitative estimate of drug-likeness (QED) is 0.399. The molecule has 0 amide bonds. The van der Waals surface area contributed by atoms with E-state index in [-0.39, 0.29) is 36.5 Å². The molecule has 0 aromatic heterocycles. The third-order valence-electron chi connectivity index (χ3n) is 0. The summed E-state index contributed by atoms with van der Waals surface area (Å²) in [5.74, 6) is 0. The number of hydrogen-bond donors (Lipinski definition) is 0. The second-order valence-corrected chi connectivity index (χ2v) is 0.750. The van der Waals surface area contributed by atoms with E-state index < -0.39 is 9.17 Å². The summed E-state index contributed by atoms with van der Waals surface area (Å²) in [4.78, 5) is 17.0. The van der Waals surface area contributed by atoms with Gasteiger partial charge in [0.15, 0.2) is 0 Å². The second-order valence-electron chi connectivity index (χ2n) is 0.250. The van der Waals surface area contributed by atoms with Crippen molar-refractivity contribution < 1.29 is 50.6 Å². The SMILES string of the molecule is O=[Si]([O-])[O-].[Cu].[Zn+2]. The van der Waals surface area contributed by atoms with E-state index in [1.807, 2.05) is 0 Å². The van der Waals surface area contributed by atoms with Gasteiger partial charge in [0.05, 0.1) is 0 Å². The average molecular weight is 205 g/mol. The van der Waals surface area contributed by atoms with Gasteiger partial charge in [-0.1, -0.05) is 0 Å². The smallest absolute Gasteiger partial charge is 0.672 e. The van der Waals surface area contributed by atoms with Gasteiger partial charge in [0.2, 0.25) is 0 Å². The minimum Gasteiger partial charge on any atom is -0.672 e. The Morgan fingerprint density at radius 1 is 1.33 bits per heavy atom. The number of rotatable bonds is 0. The van der Waals surface area contributed by atoms with Crippen LogP contribution in [0.4, 0.5) is 0 Å². The van der Waals surface area contributed by atoms with E-state index in [0.717, 1.165) is 0 Å². The van der Waals surface area contributed by atoms with E-state index in [1.165, 1.54) is 0 Å². The van der Waals surface area contributed by atoms with Crippen LogP contribution in [0.15, 0.2) is 0 Å². The molecule has 0 N–H and O–H groups in total. The van der Waals surface area contributed by atoms with E-state index >= 15 is 0 Å². The molecule has 0 atom stereocenters. The van der Waals surface area contributed by atoms with Crippen LogP contribution in [0.3, 0.4) is 0 Å². The summed E-state index contributed by atoms with van der Waals surface area (Å²) in [6.07, 6.45) is 0. The minimum absolute atomic E-state index is 0. The van der Waals surface area contributed by atoms with Gasteiger partial charge in [-0.05, 0) is 0 Å². The van der Waals surface area contributed by atoms with E-state index in [0.29, 0.717) is 0 Å². The minimum atomic E-state index is -3.63. The summed E-state index contributed by atoms with van der Waals surface area (Å²) in [6.45, 7) is 0. The van der Waals surface area contributed by atoms with Crippen LogP contribution in [0.25, 0.3) is 0 Å². The van der Waals surface area contributed by atoms with Gasteiger partial charge in [0.1, 0.15) is 0 Å². The maximum absolute atomic E-state index is 8.52. The van der Waals surface area contributed by atoms with Crippen molar-refractivity contribution >= 4 is 9.17 Å². The summed E-state index contributed by atoms with van der Waals surface area (Å²) in [7, 11) is -3.63. The van der Waals surface area contributed by atoms with Gasteiger partial charge in [-0.25, -0.2) is 0 Å². The summed E-state index contributed by atoms with van der Waals surface area (Å²) >= 11 is 0. The molecule has 0 aliphatic heterocycles. The molecule has 35 valence electrons. The molecule has 1 radical (unpaired) electrons. The molecule has 6 heavy (non-hydrogen) atoms. The van der Waals surface area contributed by atoms with Gasteiger partial charge in [0.25, 0.3) is 0 Å². The molecular weight excluding hydrogens is 205 g/mol. The van der Waals surface area contributed by atoms with E-state index in [9.17, 15) is 0 Å².